The number of carbonyl (C=O) groups excluding carboxylic acids is 1. The zero-order chi connectivity index (χ0) is 22.7. The molecule has 162 valence electrons. The second-order valence-electron chi connectivity index (χ2n) is 7.39. The van der Waals surface area contributed by atoms with Crippen molar-refractivity contribution in [3.8, 4) is 5.75 Å². The molecule has 4 rings (SSSR count). The number of methoxy groups -OCH3 is 1. The number of pyridine rings is 1. The van der Waals surface area contributed by atoms with Gasteiger partial charge in [-0.25, -0.2) is 9.78 Å². The van der Waals surface area contributed by atoms with Crippen LogP contribution in [0.4, 0.5) is 5.69 Å². The van der Waals surface area contributed by atoms with Gasteiger partial charge >= 0.3 is 5.69 Å². The summed E-state index contributed by atoms with van der Waals surface area (Å²) in [6, 6.07) is 17.7. The average molecular weight is 430 g/mol. The molecule has 2 aromatic heterocycles. The van der Waals surface area contributed by atoms with E-state index in [0.717, 1.165) is 15.7 Å². The Bertz CT molecular complexity index is 1390. The first-order valence-electron chi connectivity index (χ1n) is 10.0. The molecular weight excluding hydrogens is 408 g/mol. The molecule has 8 heteroatoms. The largest absolute Gasteiger partial charge is 0.497 e. The zero-order valence-corrected chi connectivity index (χ0v) is 17.7. The number of benzene rings is 2. The SMILES string of the molecule is COc1ccc(NC(=O)Cn2c(=O)n(Cc3ccc(C)cc3)c(=O)c3ncccc32)cc1. The van der Waals surface area contributed by atoms with Crippen molar-refractivity contribution in [3.63, 3.8) is 0 Å². The van der Waals surface area contributed by atoms with Crippen molar-refractivity contribution in [2.45, 2.75) is 20.0 Å². The maximum absolute atomic E-state index is 13.2. The second kappa shape index (κ2) is 8.89. The van der Waals surface area contributed by atoms with Crippen LogP contribution in [0, 0.1) is 6.92 Å². The number of hydrogen-bond acceptors (Lipinski definition) is 5. The van der Waals surface area contributed by atoms with Gasteiger partial charge in [-0.15, -0.1) is 0 Å². The number of rotatable bonds is 6. The Morgan fingerprint density at radius 1 is 1.00 bits per heavy atom. The number of hydrogen-bond donors (Lipinski definition) is 1. The predicted molar refractivity (Wildman–Crippen MR) is 122 cm³/mol. The van der Waals surface area contributed by atoms with E-state index in [1.165, 1.54) is 10.8 Å². The summed E-state index contributed by atoms with van der Waals surface area (Å²) in [4.78, 5) is 43.1. The highest BCUT2D eigenvalue weighted by Crippen LogP contribution is 2.15. The summed E-state index contributed by atoms with van der Waals surface area (Å²) in [6.45, 7) is 1.79. The van der Waals surface area contributed by atoms with Gasteiger partial charge in [0.25, 0.3) is 5.56 Å². The Labute approximate surface area is 183 Å². The lowest BCUT2D eigenvalue weighted by molar-refractivity contribution is -0.116. The Hall–Kier alpha value is -4.20. The van der Waals surface area contributed by atoms with Crippen LogP contribution in [0.1, 0.15) is 11.1 Å². The number of ether oxygens (including phenoxy) is 1. The molecular formula is C24H22N4O4. The van der Waals surface area contributed by atoms with Gasteiger partial charge in [-0.2, -0.15) is 0 Å². The van der Waals surface area contributed by atoms with E-state index in [2.05, 4.69) is 10.3 Å². The lowest BCUT2D eigenvalue weighted by atomic mass is 10.1. The van der Waals surface area contributed by atoms with Gasteiger partial charge in [0.1, 0.15) is 12.3 Å². The van der Waals surface area contributed by atoms with Gasteiger partial charge in [-0.3, -0.25) is 18.7 Å². The van der Waals surface area contributed by atoms with Crippen LogP contribution in [0.5, 0.6) is 5.75 Å². The van der Waals surface area contributed by atoms with Crippen LogP contribution in [0.3, 0.4) is 0 Å². The van der Waals surface area contributed by atoms with Crippen molar-refractivity contribution in [2.24, 2.45) is 0 Å². The maximum atomic E-state index is 13.2. The number of carbonyl (C=O) groups is 1. The Balaban J connectivity index is 1.71. The summed E-state index contributed by atoms with van der Waals surface area (Å²) in [5, 5.41) is 2.76. The smallest absolute Gasteiger partial charge is 0.332 e. The monoisotopic (exact) mass is 430 g/mol. The molecule has 1 N–H and O–H groups in total. The van der Waals surface area contributed by atoms with Crippen LogP contribution in [0.15, 0.2) is 76.4 Å². The number of fused-ring (bicyclic) bond motifs is 1. The third-order valence-electron chi connectivity index (χ3n) is 5.12. The van der Waals surface area contributed by atoms with Gasteiger partial charge in [0.05, 0.1) is 19.2 Å². The standard InChI is InChI=1S/C24H22N4O4/c1-16-5-7-17(8-6-16)14-28-23(30)22-20(4-3-13-25-22)27(24(28)31)15-21(29)26-18-9-11-19(32-2)12-10-18/h3-13H,14-15H2,1-2H3,(H,26,29). The van der Waals surface area contributed by atoms with Crippen LogP contribution in [0.2, 0.25) is 0 Å². The van der Waals surface area contributed by atoms with E-state index in [1.54, 1.807) is 43.5 Å². The average Bonchev–Trinajstić information content (AvgIpc) is 2.81. The molecule has 0 bridgehead atoms. The van der Waals surface area contributed by atoms with Crippen molar-refractivity contribution < 1.29 is 9.53 Å². The first kappa shape index (κ1) is 21.0. The number of anilines is 1. The Kier molecular flexibility index (Phi) is 5.85. The summed E-state index contributed by atoms with van der Waals surface area (Å²) >= 11 is 0. The van der Waals surface area contributed by atoms with E-state index in [9.17, 15) is 14.4 Å². The number of nitrogens with zero attached hydrogens (tertiary/aromatic N) is 3. The fourth-order valence-electron chi connectivity index (χ4n) is 3.43. The third kappa shape index (κ3) is 4.29. The van der Waals surface area contributed by atoms with Gasteiger partial charge in [-0.1, -0.05) is 29.8 Å². The summed E-state index contributed by atoms with van der Waals surface area (Å²) in [7, 11) is 1.56. The van der Waals surface area contributed by atoms with E-state index >= 15 is 0 Å². The van der Waals surface area contributed by atoms with Crippen LogP contribution in [-0.4, -0.2) is 27.1 Å². The highest BCUT2D eigenvalue weighted by atomic mass is 16.5. The van der Waals surface area contributed by atoms with E-state index in [1.807, 2.05) is 31.2 Å². The summed E-state index contributed by atoms with van der Waals surface area (Å²) in [6.07, 6.45) is 1.49. The molecule has 0 unspecified atom stereocenters. The molecule has 2 aromatic carbocycles. The molecule has 0 spiro atoms. The molecule has 0 aliphatic rings. The second-order valence-corrected chi connectivity index (χ2v) is 7.39. The molecule has 8 nitrogen and oxygen atoms in total. The van der Waals surface area contributed by atoms with Crippen molar-refractivity contribution in [1.82, 2.24) is 14.1 Å². The van der Waals surface area contributed by atoms with Crippen LogP contribution in [0.25, 0.3) is 11.0 Å². The van der Waals surface area contributed by atoms with Crippen molar-refractivity contribution >= 4 is 22.6 Å². The summed E-state index contributed by atoms with van der Waals surface area (Å²) < 4.78 is 7.50. The van der Waals surface area contributed by atoms with Gasteiger partial charge in [0.2, 0.25) is 5.91 Å². The van der Waals surface area contributed by atoms with Gasteiger partial charge in [0.15, 0.2) is 5.52 Å². The zero-order valence-electron chi connectivity index (χ0n) is 17.7. The van der Waals surface area contributed by atoms with E-state index < -0.39 is 17.2 Å². The fourth-order valence-corrected chi connectivity index (χ4v) is 3.43. The first-order chi connectivity index (χ1) is 15.5. The quantitative estimate of drug-likeness (QED) is 0.507. The van der Waals surface area contributed by atoms with Crippen LogP contribution < -0.4 is 21.3 Å². The van der Waals surface area contributed by atoms with Crippen LogP contribution >= 0.6 is 0 Å². The normalized spacial score (nSPS) is 10.8. The summed E-state index contributed by atoms with van der Waals surface area (Å²) in [5.74, 6) is 0.266. The molecule has 0 aliphatic heterocycles. The van der Waals surface area contributed by atoms with Gasteiger partial charge < -0.3 is 10.1 Å². The minimum atomic E-state index is -0.569. The summed E-state index contributed by atoms with van der Waals surface area (Å²) in [5.41, 5.74) is 1.84. The van der Waals surface area contributed by atoms with E-state index in [4.69, 9.17) is 4.74 Å². The molecule has 0 saturated heterocycles. The molecule has 0 saturated carbocycles. The molecule has 0 atom stereocenters. The topological polar surface area (TPSA) is 95.2 Å². The number of aryl methyl sites for hydroxylation is 1. The molecule has 4 aromatic rings. The molecule has 2 heterocycles. The molecule has 0 fully saturated rings. The highest BCUT2D eigenvalue weighted by Gasteiger charge is 2.16. The minimum absolute atomic E-state index is 0.0879. The molecule has 1 amide bonds. The van der Waals surface area contributed by atoms with Crippen molar-refractivity contribution in [1.29, 1.82) is 0 Å². The third-order valence-corrected chi connectivity index (χ3v) is 5.12. The molecule has 0 radical (unpaired) electrons. The Morgan fingerprint density at radius 2 is 1.72 bits per heavy atom. The highest BCUT2D eigenvalue weighted by molar-refractivity contribution is 5.91. The lowest BCUT2D eigenvalue weighted by Gasteiger charge is -2.14. The number of aromatic nitrogens is 3. The minimum Gasteiger partial charge on any atom is -0.497 e. The Morgan fingerprint density at radius 3 is 2.41 bits per heavy atom. The van der Waals surface area contributed by atoms with Gasteiger partial charge in [-0.05, 0) is 48.9 Å². The van der Waals surface area contributed by atoms with Gasteiger partial charge in [0, 0.05) is 11.9 Å². The van der Waals surface area contributed by atoms with Crippen molar-refractivity contribution in [3.05, 3.63) is 98.8 Å². The predicted octanol–water partition coefficient (Wildman–Crippen LogP) is 2.56. The van der Waals surface area contributed by atoms with E-state index in [-0.39, 0.29) is 18.6 Å². The molecule has 32 heavy (non-hydrogen) atoms. The fraction of sp³-hybridized carbons (Fsp3) is 0.167. The van der Waals surface area contributed by atoms with Crippen molar-refractivity contribution in [2.75, 3.05) is 12.4 Å². The van der Waals surface area contributed by atoms with E-state index in [0.29, 0.717) is 17.0 Å². The first-order valence-corrected chi connectivity index (χ1v) is 10.0. The number of amides is 1. The van der Waals surface area contributed by atoms with Crippen LogP contribution in [-0.2, 0) is 17.9 Å². The maximum Gasteiger partial charge on any atom is 0.332 e. The lowest BCUT2D eigenvalue weighted by Crippen LogP contribution is -2.42. The number of nitrogens with one attached hydrogen (secondary N) is 1. The molecule has 0 aliphatic carbocycles.